The van der Waals surface area contributed by atoms with Crippen LogP contribution in [0.2, 0.25) is 0 Å². The van der Waals surface area contributed by atoms with Crippen molar-refractivity contribution in [1.29, 1.82) is 0 Å². The Morgan fingerprint density at radius 2 is 0.705 bits per heavy atom. The highest BCUT2D eigenvalue weighted by molar-refractivity contribution is 6.21. The topological polar surface area (TPSA) is 32.8 Å². The summed E-state index contributed by atoms with van der Waals surface area (Å²) in [5.74, 6) is 0. The van der Waals surface area contributed by atoms with Gasteiger partial charge in [0.15, 0.2) is 0 Å². The molecule has 61 heavy (non-hydrogen) atoms. The lowest BCUT2D eigenvalue weighted by Gasteiger charge is -2.29. The minimum atomic E-state index is 0.834. The zero-order chi connectivity index (χ0) is 41.7. The van der Waals surface area contributed by atoms with Crippen molar-refractivity contribution in [3.8, 4) is 0 Å². The normalized spacial score (nSPS) is 11.9. The highest BCUT2D eigenvalue weighted by Gasteiger charge is 2.22. The fourth-order valence-electron chi connectivity index (χ4n) is 9.71. The van der Waals surface area contributed by atoms with Gasteiger partial charge in [0.1, 0.15) is 22.3 Å². The SMILES string of the molecule is Cc1ccc(N(c2ccc3cc4c(cc3c2)oc2cc3oc5cc6cc(N(c7ccc(C)cc7)c7c(C)cccc7C)ccc6cc5c3c(C)c24)c2c(C)cccc2C)cc1. The molecule has 0 atom stereocenters. The third kappa shape index (κ3) is 5.96. The average molecular weight is 791 g/mol. The molecule has 0 fully saturated rings. The van der Waals surface area contributed by atoms with Crippen LogP contribution in [0.15, 0.2) is 160 Å². The lowest BCUT2D eigenvalue weighted by atomic mass is 9.98. The molecule has 11 aromatic rings. The number of nitrogens with zero attached hydrogens (tertiary/aromatic N) is 2. The Morgan fingerprint density at radius 3 is 1.10 bits per heavy atom. The van der Waals surface area contributed by atoms with E-state index in [1.54, 1.807) is 0 Å². The van der Waals surface area contributed by atoms with Crippen LogP contribution in [-0.4, -0.2) is 0 Å². The van der Waals surface area contributed by atoms with Crippen molar-refractivity contribution < 1.29 is 8.83 Å². The number of hydrogen-bond donors (Lipinski definition) is 0. The fourth-order valence-corrected chi connectivity index (χ4v) is 9.71. The summed E-state index contributed by atoms with van der Waals surface area (Å²) in [5.41, 5.74) is 18.9. The second-order valence-corrected chi connectivity index (χ2v) is 17.0. The maximum atomic E-state index is 6.72. The molecule has 0 saturated carbocycles. The average Bonchev–Trinajstić information content (AvgIpc) is 3.79. The summed E-state index contributed by atoms with van der Waals surface area (Å²) < 4.78 is 13.4. The molecule has 0 spiro atoms. The Kier molecular flexibility index (Phi) is 8.37. The molecule has 296 valence electrons. The first kappa shape index (κ1) is 36.8. The van der Waals surface area contributed by atoms with E-state index in [2.05, 4.69) is 210 Å². The molecule has 0 aliphatic heterocycles. The van der Waals surface area contributed by atoms with Gasteiger partial charge in [-0.05, 0) is 171 Å². The molecular weight excluding hydrogens is 745 g/mol. The standard InChI is InChI=1S/C57H46N2O2/c1-33-14-20-44(21-15-33)58(56-35(3)10-8-11-36(56)4)46-24-18-40-28-48-50(30-42(40)26-46)60-52-32-53-55(39(7)54(48)52)49-29-41-19-25-47(27-43(41)31-51(49)61-53)59(45-22-16-34(2)17-23-45)57-37(5)12-9-13-38(57)6/h8-32H,1-7H3. The van der Waals surface area contributed by atoms with Crippen molar-refractivity contribution in [1.82, 2.24) is 0 Å². The smallest absolute Gasteiger partial charge is 0.139 e. The summed E-state index contributed by atoms with van der Waals surface area (Å²) >= 11 is 0. The molecule has 0 aliphatic carbocycles. The summed E-state index contributed by atoms with van der Waals surface area (Å²) in [5, 5.41) is 9.08. The Bertz CT molecular complexity index is 3280. The molecular formula is C57H46N2O2. The minimum Gasteiger partial charge on any atom is -0.456 e. The monoisotopic (exact) mass is 790 g/mol. The van der Waals surface area contributed by atoms with Gasteiger partial charge in [-0.2, -0.15) is 0 Å². The van der Waals surface area contributed by atoms with Gasteiger partial charge in [0.2, 0.25) is 0 Å². The third-order valence-corrected chi connectivity index (χ3v) is 12.8. The molecule has 4 heteroatoms. The van der Waals surface area contributed by atoms with Crippen LogP contribution in [-0.2, 0) is 0 Å². The molecule has 0 radical (unpaired) electrons. The predicted octanol–water partition coefficient (Wildman–Crippen LogP) is 16.9. The van der Waals surface area contributed by atoms with E-state index in [0.29, 0.717) is 0 Å². The fraction of sp³-hybridized carbons (Fsp3) is 0.123. The number of rotatable bonds is 6. The quantitative estimate of drug-likeness (QED) is 0.168. The van der Waals surface area contributed by atoms with E-state index in [1.807, 2.05) is 0 Å². The molecule has 0 amide bonds. The zero-order valence-electron chi connectivity index (χ0n) is 35.6. The van der Waals surface area contributed by atoms with Gasteiger partial charge in [0.25, 0.3) is 0 Å². The predicted molar refractivity (Wildman–Crippen MR) is 259 cm³/mol. The van der Waals surface area contributed by atoms with E-state index in [-0.39, 0.29) is 0 Å². The third-order valence-electron chi connectivity index (χ3n) is 12.8. The molecule has 9 aromatic carbocycles. The van der Waals surface area contributed by atoms with Crippen LogP contribution in [0.25, 0.3) is 65.4 Å². The molecule has 0 aliphatic rings. The Labute approximate surface area is 355 Å². The summed E-state index contributed by atoms with van der Waals surface area (Å²) in [4.78, 5) is 4.76. The highest BCUT2D eigenvalue weighted by atomic mass is 16.3. The van der Waals surface area contributed by atoms with Crippen LogP contribution in [0.1, 0.15) is 38.9 Å². The summed E-state index contributed by atoms with van der Waals surface area (Å²) in [6.07, 6.45) is 0. The van der Waals surface area contributed by atoms with Gasteiger partial charge in [-0.15, -0.1) is 0 Å². The van der Waals surface area contributed by atoms with Crippen LogP contribution in [0.3, 0.4) is 0 Å². The maximum Gasteiger partial charge on any atom is 0.139 e. The molecule has 11 rings (SSSR count). The van der Waals surface area contributed by atoms with E-state index in [1.165, 1.54) is 55.5 Å². The van der Waals surface area contributed by atoms with Gasteiger partial charge in [0.05, 0.1) is 11.4 Å². The number of hydrogen-bond acceptors (Lipinski definition) is 4. The van der Waals surface area contributed by atoms with E-state index < -0.39 is 0 Å². The molecule has 2 heterocycles. The Balaban J connectivity index is 1.03. The van der Waals surface area contributed by atoms with Crippen LogP contribution >= 0.6 is 0 Å². The van der Waals surface area contributed by atoms with Crippen molar-refractivity contribution in [2.24, 2.45) is 0 Å². The molecule has 0 bridgehead atoms. The van der Waals surface area contributed by atoms with Crippen LogP contribution in [0.5, 0.6) is 0 Å². The Hall–Kier alpha value is -7.30. The van der Waals surface area contributed by atoms with Gasteiger partial charge >= 0.3 is 0 Å². The number of aryl methyl sites for hydroxylation is 7. The van der Waals surface area contributed by atoms with Gasteiger partial charge in [-0.3, -0.25) is 0 Å². The highest BCUT2D eigenvalue weighted by Crippen LogP contribution is 2.45. The van der Waals surface area contributed by atoms with Crippen LogP contribution < -0.4 is 9.80 Å². The van der Waals surface area contributed by atoms with Crippen molar-refractivity contribution in [2.45, 2.75) is 48.5 Å². The second-order valence-electron chi connectivity index (χ2n) is 17.0. The van der Waals surface area contributed by atoms with E-state index in [0.717, 1.165) is 83.0 Å². The number of anilines is 6. The van der Waals surface area contributed by atoms with E-state index in [9.17, 15) is 0 Å². The Morgan fingerprint density at radius 1 is 0.328 bits per heavy atom. The first-order valence-corrected chi connectivity index (χ1v) is 21.2. The summed E-state index contributed by atoms with van der Waals surface area (Å²) in [7, 11) is 0. The molecule has 4 nitrogen and oxygen atoms in total. The summed E-state index contributed by atoms with van der Waals surface area (Å²) in [6.45, 7) is 15.2. The first-order chi connectivity index (χ1) is 29.6. The second kappa shape index (κ2) is 13.9. The largest absolute Gasteiger partial charge is 0.456 e. The number of furan rings is 2. The van der Waals surface area contributed by atoms with Gasteiger partial charge in [-0.25, -0.2) is 0 Å². The lowest BCUT2D eigenvalue weighted by molar-refractivity contribution is 0.656. The van der Waals surface area contributed by atoms with Crippen molar-refractivity contribution >= 4 is 99.5 Å². The number of fused-ring (bicyclic) bond motifs is 8. The number of benzene rings is 9. The first-order valence-electron chi connectivity index (χ1n) is 21.2. The molecule has 0 N–H and O–H groups in total. The molecule has 2 aromatic heterocycles. The summed E-state index contributed by atoms with van der Waals surface area (Å²) in [6, 6.07) is 55.3. The zero-order valence-corrected chi connectivity index (χ0v) is 35.6. The van der Waals surface area contributed by atoms with Crippen LogP contribution in [0.4, 0.5) is 34.1 Å². The van der Waals surface area contributed by atoms with Gasteiger partial charge < -0.3 is 18.6 Å². The van der Waals surface area contributed by atoms with Crippen molar-refractivity contribution in [2.75, 3.05) is 9.80 Å². The van der Waals surface area contributed by atoms with Crippen molar-refractivity contribution in [3.63, 3.8) is 0 Å². The van der Waals surface area contributed by atoms with Crippen molar-refractivity contribution in [3.05, 3.63) is 191 Å². The maximum absolute atomic E-state index is 6.72. The number of para-hydroxylation sites is 2. The van der Waals surface area contributed by atoms with Crippen LogP contribution in [0, 0.1) is 48.5 Å². The lowest BCUT2D eigenvalue weighted by Crippen LogP contribution is -2.12. The van der Waals surface area contributed by atoms with E-state index >= 15 is 0 Å². The molecule has 0 unspecified atom stereocenters. The van der Waals surface area contributed by atoms with E-state index in [4.69, 9.17) is 8.83 Å². The van der Waals surface area contributed by atoms with Gasteiger partial charge in [0, 0.05) is 50.4 Å². The van der Waals surface area contributed by atoms with Gasteiger partial charge in [-0.1, -0.05) is 83.9 Å². The molecule has 0 saturated heterocycles. The minimum absolute atomic E-state index is 0.834.